The van der Waals surface area contributed by atoms with Crippen molar-refractivity contribution in [1.29, 1.82) is 0 Å². The maximum absolute atomic E-state index is 12.9. The van der Waals surface area contributed by atoms with Crippen molar-refractivity contribution in [3.63, 3.8) is 0 Å². The van der Waals surface area contributed by atoms with Gasteiger partial charge in [0, 0.05) is 5.69 Å². The van der Waals surface area contributed by atoms with Crippen molar-refractivity contribution in [1.82, 2.24) is 14.6 Å². The molecule has 0 radical (unpaired) electrons. The first-order chi connectivity index (χ1) is 12.4. The second-order valence-corrected chi connectivity index (χ2v) is 7.55. The van der Waals surface area contributed by atoms with E-state index in [2.05, 4.69) is 20.9 Å². The van der Waals surface area contributed by atoms with Crippen LogP contribution in [0.15, 0.2) is 47.4 Å². The number of nitrogens with one attached hydrogen (secondary N) is 2. The minimum absolute atomic E-state index is 0.0377. The zero-order chi connectivity index (χ0) is 18.7. The first-order valence-corrected chi connectivity index (χ1v) is 9.42. The maximum atomic E-state index is 12.9. The molecule has 1 aliphatic heterocycles. The molecular formula is C18H18N4O3S. The Labute approximate surface area is 152 Å². The van der Waals surface area contributed by atoms with Gasteiger partial charge in [-0.3, -0.25) is 9.78 Å². The molecule has 1 aliphatic rings. The van der Waals surface area contributed by atoms with E-state index in [0.717, 1.165) is 5.69 Å². The molecule has 0 saturated heterocycles. The van der Waals surface area contributed by atoms with Crippen LogP contribution < -0.4 is 10.0 Å². The van der Waals surface area contributed by atoms with Crippen LogP contribution in [0.2, 0.25) is 0 Å². The second-order valence-electron chi connectivity index (χ2n) is 5.86. The molecule has 134 valence electrons. The predicted molar refractivity (Wildman–Crippen MR) is 97.4 cm³/mol. The molecule has 1 atom stereocenters. The topological polar surface area (TPSA) is 91.4 Å². The molecule has 2 aromatic rings. The average molecular weight is 370 g/mol. The SMILES string of the molecule is C#CCN(Cc1cccc(C)n1)C(=O)C1Nc2ccccc2S(=O)(=O)N1. The predicted octanol–water partition coefficient (Wildman–Crippen LogP) is 1.08. The molecule has 1 unspecified atom stereocenters. The molecule has 1 aromatic carbocycles. The molecule has 2 N–H and O–H groups in total. The van der Waals surface area contributed by atoms with E-state index in [-0.39, 0.29) is 18.0 Å². The maximum Gasteiger partial charge on any atom is 0.262 e. The van der Waals surface area contributed by atoms with E-state index in [1.165, 1.54) is 11.0 Å². The monoisotopic (exact) mass is 370 g/mol. The summed E-state index contributed by atoms with van der Waals surface area (Å²) in [4.78, 5) is 18.7. The Morgan fingerprint density at radius 1 is 1.27 bits per heavy atom. The summed E-state index contributed by atoms with van der Waals surface area (Å²) in [5.74, 6) is 1.97. The molecule has 0 aliphatic carbocycles. The van der Waals surface area contributed by atoms with E-state index in [9.17, 15) is 13.2 Å². The fourth-order valence-corrected chi connectivity index (χ4v) is 3.99. The largest absolute Gasteiger partial charge is 0.360 e. The Hall–Kier alpha value is -2.89. The van der Waals surface area contributed by atoms with Crippen molar-refractivity contribution in [2.24, 2.45) is 0 Å². The summed E-state index contributed by atoms with van der Waals surface area (Å²) in [6.45, 7) is 2.08. The number of pyridine rings is 1. The summed E-state index contributed by atoms with van der Waals surface area (Å²) in [5, 5.41) is 2.92. The Morgan fingerprint density at radius 2 is 2.04 bits per heavy atom. The van der Waals surface area contributed by atoms with Gasteiger partial charge in [0.25, 0.3) is 5.91 Å². The van der Waals surface area contributed by atoms with Crippen molar-refractivity contribution in [3.05, 3.63) is 53.9 Å². The molecule has 8 heteroatoms. The van der Waals surface area contributed by atoms with Crippen LogP contribution in [0, 0.1) is 19.3 Å². The van der Waals surface area contributed by atoms with Crippen LogP contribution >= 0.6 is 0 Å². The number of para-hydroxylation sites is 1. The average Bonchev–Trinajstić information content (AvgIpc) is 2.60. The number of anilines is 1. The van der Waals surface area contributed by atoms with Crippen LogP contribution in [0.3, 0.4) is 0 Å². The number of hydrogen-bond donors (Lipinski definition) is 2. The van der Waals surface area contributed by atoms with E-state index >= 15 is 0 Å². The van der Waals surface area contributed by atoms with E-state index in [1.54, 1.807) is 24.3 Å². The quantitative estimate of drug-likeness (QED) is 0.786. The normalized spacial score (nSPS) is 17.5. The van der Waals surface area contributed by atoms with E-state index in [0.29, 0.717) is 11.4 Å². The summed E-state index contributed by atoms with van der Waals surface area (Å²) >= 11 is 0. The lowest BCUT2D eigenvalue weighted by Gasteiger charge is -2.31. The second kappa shape index (κ2) is 7.15. The highest BCUT2D eigenvalue weighted by molar-refractivity contribution is 7.89. The van der Waals surface area contributed by atoms with E-state index in [4.69, 9.17) is 6.42 Å². The Balaban J connectivity index is 1.85. The number of rotatable bonds is 4. The van der Waals surface area contributed by atoms with Gasteiger partial charge < -0.3 is 10.2 Å². The highest BCUT2D eigenvalue weighted by Crippen LogP contribution is 2.25. The standard InChI is InChI=1S/C18H18N4O3S/c1-3-11-22(12-14-8-6-7-13(2)19-14)18(23)17-20-15-9-4-5-10-16(15)26(24,25)21-17/h1,4-10,17,20-21H,11-12H2,2H3. The number of benzene rings is 1. The van der Waals surface area contributed by atoms with Crippen molar-refractivity contribution in [2.75, 3.05) is 11.9 Å². The van der Waals surface area contributed by atoms with Gasteiger partial charge in [-0.25, -0.2) is 8.42 Å². The Morgan fingerprint density at radius 3 is 2.77 bits per heavy atom. The third-order valence-corrected chi connectivity index (χ3v) is 5.37. The van der Waals surface area contributed by atoms with Crippen LogP contribution in [-0.4, -0.2) is 36.9 Å². The van der Waals surface area contributed by atoms with Crippen LogP contribution in [0.4, 0.5) is 5.69 Å². The van der Waals surface area contributed by atoms with Crippen LogP contribution in [0.1, 0.15) is 11.4 Å². The molecule has 26 heavy (non-hydrogen) atoms. The minimum atomic E-state index is -3.79. The number of fused-ring (bicyclic) bond motifs is 1. The van der Waals surface area contributed by atoms with Crippen molar-refractivity contribution >= 4 is 21.6 Å². The zero-order valence-corrected chi connectivity index (χ0v) is 15.0. The smallest absolute Gasteiger partial charge is 0.262 e. The fourth-order valence-electron chi connectivity index (χ4n) is 2.72. The van der Waals surface area contributed by atoms with Crippen molar-refractivity contribution in [2.45, 2.75) is 24.5 Å². The molecular weight excluding hydrogens is 352 g/mol. The number of amides is 1. The number of terminal acetylenes is 1. The molecule has 0 bridgehead atoms. The third kappa shape index (κ3) is 3.69. The van der Waals surface area contributed by atoms with Crippen molar-refractivity contribution in [3.8, 4) is 12.3 Å². The van der Waals surface area contributed by atoms with Gasteiger partial charge in [0.2, 0.25) is 10.0 Å². The van der Waals surface area contributed by atoms with Gasteiger partial charge in [0.15, 0.2) is 6.17 Å². The van der Waals surface area contributed by atoms with Gasteiger partial charge in [0.1, 0.15) is 4.90 Å². The van der Waals surface area contributed by atoms with Gasteiger partial charge in [-0.1, -0.05) is 24.1 Å². The number of nitrogens with zero attached hydrogens (tertiary/aromatic N) is 2. The lowest BCUT2D eigenvalue weighted by atomic mass is 10.2. The first kappa shape index (κ1) is 17.9. The summed E-state index contributed by atoms with van der Waals surface area (Å²) in [5.41, 5.74) is 1.87. The highest BCUT2D eigenvalue weighted by atomic mass is 32.2. The lowest BCUT2D eigenvalue weighted by molar-refractivity contribution is -0.132. The van der Waals surface area contributed by atoms with Gasteiger partial charge in [-0.2, -0.15) is 4.72 Å². The molecule has 0 spiro atoms. The van der Waals surface area contributed by atoms with Gasteiger partial charge in [0.05, 0.1) is 24.5 Å². The lowest BCUT2D eigenvalue weighted by Crippen LogP contribution is -2.54. The number of aryl methyl sites for hydroxylation is 1. The highest BCUT2D eigenvalue weighted by Gasteiger charge is 2.35. The Kier molecular flexibility index (Phi) is 4.93. The molecule has 1 aromatic heterocycles. The number of aromatic nitrogens is 1. The summed E-state index contributed by atoms with van der Waals surface area (Å²) < 4.78 is 27.2. The van der Waals surface area contributed by atoms with Gasteiger partial charge in [-0.05, 0) is 31.2 Å². The van der Waals surface area contributed by atoms with Gasteiger partial charge >= 0.3 is 0 Å². The fraction of sp³-hybridized carbons (Fsp3) is 0.222. The zero-order valence-electron chi connectivity index (χ0n) is 14.1. The van der Waals surface area contributed by atoms with Gasteiger partial charge in [-0.15, -0.1) is 6.42 Å². The molecule has 0 saturated carbocycles. The summed E-state index contributed by atoms with van der Waals surface area (Å²) in [6.07, 6.45) is 4.26. The van der Waals surface area contributed by atoms with E-state index in [1.807, 2.05) is 19.1 Å². The number of carbonyl (C=O) groups is 1. The molecule has 7 nitrogen and oxygen atoms in total. The molecule has 2 heterocycles. The molecule has 1 amide bonds. The Bertz CT molecular complexity index is 982. The summed E-state index contributed by atoms with van der Waals surface area (Å²) in [7, 11) is -3.79. The minimum Gasteiger partial charge on any atom is -0.360 e. The van der Waals surface area contributed by atoms with Crippen LogP contribution in [0.25, 0.3) is 0 Å². The number of hydrogen-bond acceptors (Lipinski definition) is 5. The first-order valence-electron chi connectivity index (χ1n) is 7.93. The summed E-state index contributed by atoms with van der Waals surface area (Å²) in [6, 6.07) is 11.9. The third-order valence-electron chi connectivity index (χ3n) is 3.89. The molecule has 3 rings (SSSR count). The number of carbonyl (C=O) groups excluding carboxylic acids is 1. The molecule has 0 fully saturated rings. The van der Waals surface area contributed by atoms with Crippen molar-refractivity contribution < 1.29 is 13.2 Å². The van der Waals surface area contributed by atoms with Crippen LogP contribution in [0.5, 0.6) is 0 Å². The van der Waals surface area contributed by atoms with Crippen LogP contribution in [-0.2, 0) is 21.4 Å². The van der Waals surface area contributed by atoms with E-state index < -0.39 is 22.1 Å². The number of sulfonamides is 1.